The summed E-state index contributed by atoms with van der Waals surface area (Å²) in [6.45, 7) is 2.04. The topological polar surface area (TPSA) is 94.0 Å². The van der Waals surface area contributed by atoms with Gasteiger partial charge in [-0.05, 0) is 36.0 Å². The van der Waals surface area contributed by atoms with Crippen molar-refractivity contribution in [1.29, 1.82) is 0 Å². The van der Waals surface area contributed by atoms with E-state index in [1.807, 2.05) is 6.92 Å². The van der Waals surface area contributed by atoms with Gasteiger partial charge in [0.05, 0.1) is 0 Å². The van der Waals surface area contributed by atoms with Crippen LogP contribution in [0.25, 0.3) is 0 Å². The van der Waals surface area contributed by atoms with Crippen LogP contribution < -0.4 is 11.1 Å². The van der Waals surface area contributed by atoms with Crippen molar-refractivity contribution in [3.63, 3.8) is 0 Å². The molecule has 1 fully saturated rings. The summed E-state index contributed by atoms with van der Waals surface area (Å²) in [4.78, 5) is 11.9. The van der Waals surface area contributed by atoms with E-state index < -0.39 is 0 Å². The third kappa shape index (κ3) is 3.00. The number of nitrogens with one attached hydrogen (secondary N) is 1. The molecule has 6 nitrogen and oxygen atoms in total. The summed E-state index contributed by atoms with van der Waals surface area (Å²) in [6, 6.07) is 0.131. The lowest BCUT2D eigenvalue weighted by Gasteiger charge is -2.23. The second-order valence-corrected chi connectivity index (χ2v) is 5.01. The van der Waals surface area contributed by atoms with Gasteiger partial charge in [-0.2, -0.15) is 0 Å². The number of carbonyl (C=O) groups excluding carboxylic acids is 1. The Labute approximate surface area is 106 Å². The number of aromatic nitrogens is 2. The van der Waals surface area contributed by atoms with Crippen molar-refractivity contribution in [1.82, 2.24) is 15.6 Å². The molecule has 18 heavy (non-hydrogen) atoms. The van der Waals surface area contributed by atoms with Gasteiger partial charge in [-0.15, -0.1) is 0 Å². The smallest absolute Gasteiger partial charge is 0.277 e. The zero-order valence-corrected chi connectivity index (χ0v) is 10.7. The largest absolute Gasteiger partial charge is 0.379 e. The number of nitrogens with zero attached hydrogens (tertiary/aromatic N) is 2. The van der Waals surface area contributed by atoms with Gasteiger partial charge in [-0.3, -0.25) is 4.79 Å². The zero-order valence-electron chi connectivity index (χ0n) is 10.7. The van der Waals surface area contributed by atoms with Crippen LogP contribution in [0, 0.1) is 5.92 Å². The van der Waals surface area contributed by atoms with Gasteiger partial charge in [0.1, 0.15) is 0 Å². The van der Waals surface area contributed by atoms with E-state index in [2.05, 4.69) is 20.3 Å². The van der Waals surface area contributed by atoms with E-state index >= 15 is 0 Å². The molecule has 0 radical (unpaired) electrons. The van der Waals surface area contributed by atoms with Crippen LogP contribution in [0.5, 0.6) is 0 Å². The lowest BCUT2D eigenvalue weighted by molar-refractivity contribution is 0.0914. The quantitative estimate of drug-likeness (QED) is 0.799. The van der Waals surface area contributed by atoms with E-state index in [0.29, 0.717) is 5.92 Å². The first-order valence-corrected chi connectivity index (χ1v) is 6.57. The summed E-state index contributed by atoms with van der Waals surface area (Å²) in [6.07, 6.45) is 7.45. The van der Waals surface area contributed by atoms with Gasteiger partial charge in [0.2, 0.25) is 11.5 Å². The molecule has 1 amide bonds. The van der Waals surface area contributed by atoms with Crippen molar-refractivity contribution < 1.29 is 9.42 Å². The Morgan fingerprint density at radius 2 is 2.00 bits per heavy atom. The number of nitrogen functional groups attached to an aromatic ring is 1. The molecular formula is C12H20N4O2. The second kappa shape index (κ2) is 5.84. The molecule has 0 bridgehead atoms. The molecule has 1 aliphatic carbocycles. The lowest BCUT2D eigenvalue weighted by Crippen LogP contribution is -2.38. The van der Waals surface area contributed by atoms with E-state index in [-0.39, 0.29) is 23.5 Å². The van der Waals surface area contributed by atoms with Gasteiger partial charge in [-0.1, -0.05) is 25.7 Å². The number of anilines is 1. The molecule has 3 N–H and O–H groups in total. The van der Waals surface area contributed by atoms with Gasteiger partial charge in [0.15, 0.2) is 0 Å². The summed E-state index contributed by atoms with van der Waals surface area (Å²) in [7, 11) is 0. The maximum Gasteiger partial charge on any atom is 0.277 e. The Morgan fingerprint density at radius 3 is 2.56 bits per heavy atom. The minimum atomic E-state index is -0.300. The normalized spacial score (nSPS) is 19.2. The van der Waals surface area contributed by atoms with Crippen LogP contribution in [0.1, 0.15) is 55.9 Å². The monoisotopic (exact) mass is 252 g/mol. The Kier molecular flexibility index (Phi) is 4.17. The molecule has 0 spiro atoms. The Morgan fingerprint density at radius 1 is 1.33 bits per heavy atom. The van der Waals surface area contributed by atoms with Gasteiger partial charge in [0, 0.05) is 6.04 Å². The first-order valence-electron chi connectivity index (χ1n) is 6.57. The third-order valence-electron chi connectivity index (χ3n) is 3.69. The summed E-state index contributed by atoms with van der Waals surface area (Å²) >= 11 is 0. The zero-order chi connectivity index (χ0) is 13.0. The fraction of sp³-hybridized carbons (Fsp3) is 0.750. The predicted octanol–water partition coefficient (Wildman–Crippen LogP) is 1.74. The van der Waals surface area contributed by atoms with Crippen LogP contribution in [-0.2, 0) is 0 Å². The molecule has 2 rings (SSSR count). The highest BCUT2D eigenvalue weighted by atomic mass is 16.6. The van der Waals surface area contributed by atoms with E-state index in [1.54, 1.807) is 0 Å². The maximum absolute atomic E-state index is 11.9. The minimum Gasteiger partial charge on any atom is -0.379 e. The number of nitrogens with two attached hydrogens (primary N) is 1. The van der Waals surface area contributed by atoms with Crippen LogP contribution in [-0.4, -0.2) is 22.3 Å². The predicted molar refractivity (Wildman–Crippen MR) is 66.8 cm³/mol. The molecule has 6 heteroatoms. The first-order chi connectivity index (χ1) is 8.68. The van der Waals surface area contributed by atoms with Crippen LogP contribution >= 0.6 is 0 Å². The van der Waals surface area contributed by atoms with Crippen molar-refractivity contribution in [2.45, 2.75) is 51.5 Å². The number of hydrogen-bond donors (Lipinski definition) is 2. The molecule has 1 aliphatic rings. The molecular weight excluding hydrogens is 232 g/mol. The van der Waals surface area contributed by atoms with Crippen molar-refractivity contribution in [2.75, 3.05) is 5.73 Å². The highest BCUT2D eigenvalue weighted by Gasteiger charge is 2.23. The highest BCUT2D eigenvalue weighted by molar-refractivity contribution is 5.96. The van der Waals surface area contributed by atoms with E-state index in [1.165, 1.54) is 38.5 Å². The van der Waals surface area contributed by atoms with E-state index in [9.17, 15) is 4.79 Å². The first kappa shape index (κ1) is 12.9. The molecule has 1 saturated carbocycles. The third-order valence-corrected chi connectivity index (χ3v) is 3.69. The second-order valence-electron chi connectivity index (χ2n) is 5.01. The van der Waals surface area contributed by atoms with Crippen molar-refractivity contribution in [3.05, 3.63) is 5.69 Å². The molecule has 1 aromatic heterocycles. The average Bonchev–Trinajstić information content (AvgIpc) is 2.63. The Hall–Kier alpha value is -1.59. The van der Waals surface area contributed by atoms with Gasteiger partial charge in [0.25, 0.3) is 5.91 Å². The van der Waals surface area contributed by atoms with Gasteiger partial charge in [-0.25, -0.2) is 4.63 Å². The summed E-state index contributed by atoms with van der Waals surface area (Å²) < 4.78 is 4.43. The molecule has 0 aromatic carbocycles. The number of hydrogen-bond acceptors (Lipinski definition) is 5. The lowest BCUT2D eigenvalue weighted by atomic mass is 9.93. The number of amides is 1. The standard InChI is InChI=1S/C12H20N4O2/c1-8(9-6-4-2-3-5-7-9)14-12(17)10-11(13)16-18-15-10/h8-9H,2-7H2,1H3,(H2,13,16)(H,14,17)/t8-/m1/s1. The Balaban J connectivity index is 1.92. The average molecular weight is 252 g/mol. The summed E-state index contributed by atoms with van der Waals surface area (Å²) in [5.41, 5.74) is 5.57. The number of rotatable bonds is 3. The van der Waals surface area contributed by atoms with Crippen molar-refractivity contribution in [2.24, 2.45) is 5.92 Å². The molecule has 100 valence electrons. The fourth-order valence-electron chi connectivity index (χ4n) is 2.56. The minimum absolute atomic E-state index is 0.0422. The van der Waals surface area contributed by atoms with Gasteiger partial charge < -0.3 is 11.1 Å². The molecule has 0 saturated heterocycles. The molecule has 1 atom stereocenters. The van der Waals surface area contributed by atoms with Crippen molar-refractivity contribution in [3.8, 4) is 0 Å². The van der Waals surface area contributed by atoms with Crippen LogP contribution in [0.3, 0.4) is 0 Å². The molecule has 0 aliphatic heterocycles. The molecule has 0 unspecified atom stereocenters. The van der Waals surface area contributed by atoms with Crippen LogP contribution in [0.15, 0.2) is 4.63 Å². The van der Waals surface area contributed by atoms with E-state index in [0.717, 1.165) is 0 Å². The van der Waals surface area contributed by atoms with Gasteiger partial charge >= 0.3 is 0 Å². The molecule has 1 heterocycles. The Bertz CT molecular complexity index is 397. The van der Waals surface area contributed by atoms with E-state index in [4.69, 9.17) is 5.73 Å². The fourth-order valence-corrected chi connectivity index (χ4v) is 2.56. The SMILES string of the molecule is C[C@@H](NC(=O)c1nonc1N)C1CCCCCC1. The van der Waals surface area contributed by atoms with Crippen molar-refractivity contribution >= 4 is 11.7 Å². The van der Waals surface area contributed by atoms with Crippen LogP contribution in [0.2, 0.25) is 0 Å². The highest BCUT2D eigenvalue weighted by Crippen LogP contribution is 2.25. The molecule has 1 aromatic rings. The van der Waals surface area contributed by atoms with Crippen LogP contribution in [0.4, 0.5) is 5.82 Å². The summed E-state index contributed by atoms with van der Waals surface area (Å²) in [5.74, 6) is 0.281. The summed E-state index contributed by atoms with van der Waals surface area (Å²) in [5, 5.41) is 9.85. The number of carbonyl (C=O) groups is 1. The maximum atomic E-state index is 11.9.